The van der Waals surface area contributed by atoms with Crippen molar-refractivity contribution in [3.05, 3.63) is 0 Å². The van der Waals surface area contributed by atoms with E-state index in [-0.39, 0.29) is 0 Å². The fraction of sp³-hybridized carbons (Fsp3) is 0.900. The maximum Gasteiger partial charge on any atom is 0.146 e. The van der Waals surface area contributed by atoms with Crippen LogP contribution in [0.1, 0.15) is 6.92 Å². The van der Waals surface area contributed by atoms with Gasteiger partial charge in [-0.3, -0.25) is 0 Å². The number of nitrogens with zero attached hydrogens (tertiary/aromatic N) is 1. The van der Waals surface area contributed by atoms with Crippen molar-refractivity contribution in [1.82, 2.24) is 5.32 Å². The number of hydrogen-bond acceptors (Lipinski definition) is 6. The van der Waals surface area contributed by atoms with Gasteiger partial charge in [-0.05, 0) is 0 Å². The molecule has 16 heavy (non-hydrogen) atoms. The molecule has 0 aromatic heterocycles. The van der Waals surface area contributed by atoms with Gasteiger partial charge in [0, 0.05) is 34.2 Å². The molecule has 0 saturated carbocycles. The van der Waals surface area contributed by atoms with Crippen LogP contribution in [0.3, 0.4) is 0 Å². The second kappa shape index (κ2) is 19.8. The molecule has 0 unspecified atom stereocenters. The van der Waals surface area contributed by atoms with Crippen LogP contribution in [-0.2, 0) is 18.9 Å². The first-order valence-corrected chi connectivity index (χ1v) is 4.98. The summed E-state index contributed by atoms with van der Waals surface area (Å²) in [7, 11) is 3.21. The van der Waals surface area contributed by atoms with Crippen molar-refractivity contribution in [2.45, 2.75) is 6.92 Å². The van der Waals surface area contributed by atoms with Gasteiger partial charge in [-0.2, -0.15) is 5.26 Å². The van der Waals surface area contributed by atoms with Crippen LogP contribution in [0.5, 0.6) is 0 Å². The van der Waals surface area contributed by atoms with Crippen molar-refractivity contribution >= 4 is 0 Å². The predicted octanol–water partition coefficient (Wildman–Crippen LogP) is 0.347. The summed E-state index contributed by atoms with van der Waals surface area (Å²) in [4.78, 5) is 0. The van der Waals surface area contributed by atoms with Crippen molar-refractivity contribution in [2.24, 2.45) is 0 Å². The molecular formula is C10H22N2O4. The molecule has 0 amide bonds. The summed E-state index contributed by atoms with van der Waals surface area (Å²) in [6.07, 6.45) is 0. The second-order valence-corrected chi connectivity index (χ2v) is 2.60. The normalized spacial score (nSPS) is 9.12. The molecule has 0 aliphatic rings. The topological polar surface area (TPSA) is 72.7 Å². The smallest absolute Gasteiger partial charge is 0.146 e. The zero-order chi connectivity index (χ0) is 12.5. The highest BCUT2D eigenvalue weighted by Gasteiger charge is 1.88. The molecule has 6 nitrogen and oxygen atoms in total. The fourth-order valence-electron chi connectivity index (χ4n) is 0.698. The van der Waals surface area contributed by atoms with E-state index in [0.717, 1.165) is 13.1 Å². The lowest BCUT2D eigenvalue weighted by Gasteiger charge is -2.05. The van der Waals surface area contributed by atoms with Crippen molar-refractivity contribution in [1.29, 1.82) is 5.26 Å². The molecule has 0 aromatic carbocycles. The molecule has 0 saturated heterocycles. The first-order valence-electron chi connectivity index (χ1n) is 4.98. The minimum atomic E-state index is 0.349. The van der Waals surface area contributed by atoms with Gasteiger partial charge in [0.25, 0.3) is 0 Å². The van der Waals surface area contributed by atoms with Gasteiger partial charge >= 0.3 is 0 Å². The molecule has 0 atom stereocenters. The Morgan fingerprint density at radius 1 is 1.00 bits per heavy atom. The molecular weight excluding hydrogens is 212 g/mol. The molecule has 0 rings (SSSR count). The Balaban J connectivity index is 0. The maximum absolute atomic E-state index is 7.32. The highest BCUT2D eigenvalue weighted by Crippen LogP contribution is 1.75. The van der Waals surface area contributed by atoms with E-state index in [2.05, 4.69) is 5.32 Å². The van der Waals surface area contributed by atoms with Crippen molar-refractivity contribution in [3.63, 3.8) is 0 Å². The lowest BCUT2D eigenvalue weighted by atomic mass is 10.6. The van der Waals surface area contributed by atoms with Crippen molar-refractivity contribution in [2.75, 3.05) is 54.1 Å². The molecule has 6 heteroatoms. The Hall–Kier alpha value is -0.710. The molecule has 96 valence electrons. The van der Waals surface area contributed by atoms with Crippen LogP contribution in [-0.4, -0.2) is 54.1 Å². The third-order valence-electron chi connectivity index (χ3n) is 1.25. The van der Waals surface area contributed by atoms with Crippen LogP contribution < -0.4 is 5.32 Å². The molecule has 0 heterocycles. The first-order chi connectivity index (χ1) is 7.83. The van der Waals surface area contributed by atoms with E-state index >= 15 is 0 Å². The predicted molar refractivity (Wildman–Crippen MR) is 59.8 cm³/mol. The standard InChI is InChI=1S/C8H19NO4.C2H3N/c1-10-7-12-5-3-9-4-6-13-8-11-2;1-2-3/h9H,3-8H2,1-2H3;1H3. The van der Waals surface area contributed by atoms with Crippen LogP contribution in [0.25, 0.3) is 0 Å². The maximum atomic E-state index is 7.32. The lowest BCUT2D eigenvalue weighted by molar-refractivity contribution is -0.0346. The summed E-state index contributed by atoms with van der Waals surface area (Å²) >= 11 is 0. The summed E-state index contributed by atoms with van der Waals surface area (Å²) in [6.45, 7) is 5.04. The number of nitriles is 1. The van der Waals surface area contributed by atoms with Gasteiger partial charge in [0.05, 0.1) is 19.3 Å². The number of rotatable bonds is 10. The summed E-state index contributed by atoms with van der Waals surface area (Å²) in [5, 5.41) is 10.5. The summed E-state index contributed by atoms with van der Waals surface area (Å²) < 4.78 is 19.5. The molecule has 0 bridgehead atoms. The van der Waals surface area contributed by atoms with Gasteiger partial charge in [-0.1, -0.05) is 0 Å². The zero-order valence-electron chi connectivity index (χ0n) is 10.3. The number of methoxy groups -OCH3 is 2. The Bertz CT molecular complexity index is 140. The van der Waals surface area contributed by atoms with E-state index in [1.54, 1.807) is 20.3 Å². The third kappa shape index (κ3) is 23.3. The lowest BCUT2D eigenvalue weighted by Crippen LogP contribution is -2.24. The van der Waals surface area contributed by atoms with Crippen molar-refractivity contribution in [3.8, 4) is 6.07 Å². The van der Waals surface area contributed by atoms with Gasteiger partial charge in [0.2, 0.25) is 0 Å². The molecule has 0 radical (unpaired) electrons. The Kier molecular flexibility index (Phi) is 21.9. The molecule has 0 fully saturated rings. The highest BCUT2D eigenvalue weighted by molar-refractivity contribution is 4.51. The van der Waals surface area contributed by atoms with Crippen LogP contribution in [0, 0.1) is 11.3 Å². The first kappa shape index (κ1) is 17.7. The molecule has 0 aromatic rings. The fourth-order valence-corrected chi connectivity index (χ4v) is 0.698. The van der Waals surface area contributed by atoms with E-state index in [4.69, 9.17) is 24.2 Å². The molecule has 0 aliphatic carbocycles. The van der Waals surface area contributed by atoms with E-state index in [9.17, 15) is 0 Å². The summed E-state index contributed by atoms with van der Waals surface area (Å²) in [5.74, 6) is 0. The minimum absolute atomic E-state index is 0.349. The number of hydrogen-bond donors (Lipinski definition) is 1. The average molecular weight is 234 g/mol. The monoisotopic (exact) mass is 234 g/mol. The van der Waals surface area contributed by atoms with E-state index < -0.39 is 0 Å². The zero-order valence-corrected chi connectivity index (χ0v) is 10.3. The summed E-state index contributed by atoms with van der Waals surface area (Å²) in [5.41, 5.74) is 0. The summed E-state index contributed by atoms with van der Waals surface area (Å²) in [6, 6.07) is 1.75. The van der Waals surface area contributed by atoms with E-state index in [0.29, 0.717) is 26.8 Å². The van der Waals surface area contributed by atoms with Crippen LogP contribution in [0.4, 0.5) is 0 Å². The van der Waals surface area contributed by atoms with Gasteiger partial charge in [0.15, 0.2) is 0 Å². The highest BCUT2D eigenvalue weighted by atomic mass is 16.7. The van der Waals surface area contributed by atoms with E-state index in [1.807, 2.05) is 0 Å². The van der Waals surface area contributed by atoms with E-state index in [1.165, 1.54) is 6.92 Å². The van der Waals surface area contributed by atoms with Gasteiger partial charge in [0.1, 0.15) is 13.6 Å². The largest absolute Gasteiger partial charge is 0.359 e. The molecule has 0 spiro atoms. The Morgan fingerprint density at radius 3 is 1.69 bits per heavy atom. The van der Waals surface area contributed by atoms with Gasteiger partial charge in [-0.25, -0.2) is 0 Å². The Morgan fingerprint density at radius 2 is 1.38 bits per heavy atom. The van der Waals surface area contributed by atoms with Crippen LogP contribution in [0.2, 0.25) is 0 Å². The number of ether oxygens (including phenoxy) is 4. The van der Waals surface area contributed by atoms with Crippen molar-refractivity contribution < 1.29 is 18.9 Å². The quantitative estimate of drug-likeness (QED) is 0.434. The number of nitrogens with one attached hydrogen (secondary N) is 1. The molecule has 0 aliphatic heterocycles. The van der Waals surface area contributed by atoms with Crippen LogP contribution >= 0.6 is 0 Å². The molecule has 1 N–H and O–H groups in total. The average Bonchev–Trinajstić information content (AvgIpc) is 2.28. The van der Waals surface area contributed by atoms with Gasteiger partial charge in [-0.15, -0.1) is 0 Å². The second-order valence-electron chi connectivity index (χ2n) is 2.60. The Labute approximate surface area is 97.4 Å². The minimum Gasteiger partial charge on any atom is -0.359 e. The van der Waals surface area contributed by atoms with Crippen LogP contribution in [0.15, 0.2) is 0 Å². The SMILES string of the molecule is CC#N.COCOCCNCCOCOC. The van der Waals surface area contributed by atoms with Gasteiger partial charge < -0.3 is 24.3 Å². The third-order valence-corrected chi connectivity index (χ3v) is 1.25.